The number of hydrogen-bond acceptors (Lipinski definition) is 3. The first-order valence-corrected chi connectivity index (χ1v) is 8.18. The molecule has 1 unspecified atom stereocenters. The van der Waals surface area contributed by atoms with Crippen LogP contribution in [-0.2, 0) is 11.3 Å². The maximum absolute atomic E-state index is 13.1. The Morgan fingerprint density at radius 1 is 1.43 bits per heavy atom. The number of likely N-dealkylation sites (tertiary alicyclic amines) is 1. The quantitative estimate of drug-likeness (QED) is 0.923. The third-order valence-corrected chi connectivity index (χ3v) is 3.99. The summed E-state index contributed by atoms with van der Waals surface area (Å²) in [5.41, 5.74) is 1.61. The number of nitrogens with zero attached hydrogens (tertiary/aromatic N) is 1. The minimum absolute atomic E-state index is 0.199. The zero-order valence-corrected chi connectivity index (χ0v) is 14.5. The number of carbonyl (C=O) groups is 1. The monoisotopic (exact) mass is 322 g/mol. The van der Waals surface area contributed by atoms with E-state index in [-0.39, 0.29) is 11.9 Å². The fourth-order valence-corrected chi connectivity index (χ4v) is 2.76. The first-order valence-electron chi connectivity index (χ1n) is 8.18. The fourth-order valence-electron chi connectivity index (χ4n) is 2.76. The van der Waals surface area contributed by atoms with Crippen molar-refractivity contribution >= 4 is 6.09 Å². The Labute approximate surface area is 138 Å². The molecule has 2 rings (SSSR count). The van der Waals surface area contributed by atoms with Crippen LogP contribution in [-0.4, -0.2) is 36.2 Å². The van der Waals surface area contributed by atoms with Crippen molar-refractivity contribution in [2.75, 3.05) is 19.6 Å². The Balaban J connectivity index is 1.74. The lowest BCUT2D eigenvalue weighted by Crippen LogP contribution is -2.36. The lowest BCUT2D eigenvalue weighted by molar-refractivity contribution is 0.0288. The highest BCUT2D eigenvalue weighted by Crippen LogP contribution is 2.19. The molecule has 1 aromatic carbocycles. The number of rotatable bonds is 4. The zero-order valence-electron chi connectivity index (χ0n) is 14.5. The molecule has 0 bridgehead atoms. The number of halogens is 1. The van der Waals surface area contributed by atoms with Crippen LogP contribution >= 0.6 is 0 Å². The SMILES string of the molecule is Cc1cc(F)ccc1CNCC1CCN(C(=O)OC(C)(C)C)C1. The topological polar surface area (TPSA) is 41.6 Å². The Bertz CT molecular complexity index is 554. The van der Waals surface area contributed by atoms with Crippen molar-refractivity contribution < 1.29 is 13.9 Å². The highest BCUT2D eigenvalue weighted by Gasteiger charge is 2.29. The molecule has 0 spiro atoms. The van der Waals surface area contributed by atoms with E-state index in [9.17, 15) is 9.18 Å². The van der Waals surface area contributed by atoms with Crippen LogP contribution < -0.4 is 5.32 Å². The van der Waals surface area contributed by atoms with E-state index in [0.29, 0.717) is 5.92 Å². The summed E-state index contributed by atoms with van der Waals surface area (Å²) in [6.45, 7) is 10.6. The number of ether oxygens (including phenoxy) is 1. The van der Waals surface area contributed by atoms with Gasteiger partial charge in [0.25, 0.3) is 0 Å². The molecule has 1 fully saturated rings. The van der Waals surface area contributed by atoms with E-state index in [1.165, 1.54) is 6.07 Å². The molecule has 4 nitrogen and oxygen atoms in total. The van der Waals surface area contributed by atoms with Gasteiger partial charge < -0.3 is 15.0 Å². The van der Waals surface area contributed by atoms with E-state index in [4.69, 9.17) is 4.74 Å². The van der Waals surface area contributed by atoms with Gasteiger partial charge in [-0.05, 0) is 63.3 Å². The van der Waals surface area contributed by atoms with Gasteiger partial charge >= 0.3 is 6.09 Å². The third kappa shape index (κ3) is 5.50. The van der Waals surface area contributed by atoms with E-state index in [2.05, 4.69) is 5.32 Å². The molecular weight excluding hydrogens is 295 g/mol. The number of hydrogen-bond donors (Lipinski definition) is 1. The second-order valence-corrected chi connectivity index (χ2v) is 7.28. The van der Waals surface area contributed by atoms with Crippen molar-refractivity contribution in [2.45, 2.75) is 46.3 Å². The van der Waals surface area contributed by atoms with Crippen LogP contribution in [0.3, 0.4) is 0 Å². The first-order chi connectivity index (χ1) is 10.7. The van der Waals surface area contributed by atoms with Gasteiger partial charge in [-0.3, -0.25) is 0 Å². The fraction of sp³-hybridized carbons (Fsp3) is 0.611. The molecule has 0 aromatic heterocycles. The van der Waals surface area contributed by atoms with Gasteiger partial charge in [0, 0.05) is 26.2 Å². The summed E-state index contributed by atoms with van der Waals surface area (Å²) < 4.78 is 18.5. The summed E-state index contributed by atoms with van der Waals surface area (Å²) in [7, 11) is 0. The zero-order chi connectivity index (χ0) is 17.0. The Hall–Kier alpha value is -1.62. The Morgan fingerprint density at radius 2 is 2.17 bits per heavy atom. The first kappa shape index (κ1) is 17.7. The molecule has 5 heteroatoms. The van der Waals surface area contributed by atoms with Crippen LogP contribution in [0.4, 0.5) is 9.18 Å². The van der Waals surface area contributed by atoms with Gasteiger partial charge in [-0.25, -0.2) is 9.18 Å². The van der Waals surface area contributed by atoms with Crippen molar-refractivity contribution in [1.82, 2.24) is 10.2 Å². The molecule has 1 aliphatic rings. The third-order valence-electron chi connectivity index (χ3n) is 3.99. The van der Waals surface area contributed by atoms with Crippen LogP contribution in [0, 0.1) is 18.7 Å². The van der Waals surface area contributed by atoms with Crippen molar-refractivity contribution in [3.8, 4) is 0 Å². The minimum Gasteiger partial charge on any atom is -0.444 e. The lowest BCUT2D eigenvalue weighted by atomic mass is 10.1. The summed E-state index contributed by atoms with van der Waals surface area (Å²) in [6, 6.07) is 4.86. The van der Waals surface area contributed by atoms with Crippen LogP contribution in [0.25, 0.3) is 0 Å². The van der Waals surface area contributed by atoms with Crippen molar-refractivity contribution in [1.29, 1.82) is 0 Å². The summed E-state index contributed by atoms with van der Waals surface area (Å²) in [6.07, 6.45) is 0.753. The van der Waals surface area contributed by atoms with Crippen molar-refractivity contribution in [3.63, 3.8) is 0 Å². The predicted octanol–water partition coefficient (Wildman–Crippen LogP) is 3.48. The van der Waals surface area contributed by atoms with Gasteiger partial charge in [0.05, 0.1) is 0 Å². The van der Waals surface area contributed by atoms with E-state index in [0.717, 1.165) is 43.7 Å². The van der Waals surface area contributed by atoms with Gasteiger partial charge in [0.2, 0.25) is 0 Å². The van der Waals surface area contributed by atoms with E-state index < -0.39 is 5.60 Å². The lowest BCUT2D eigenvalue weighted by Gasteiger charge is -2.24. The summed E-state index contributed by atoms with van der Waals surface area (Å²) in [5, 5.41) is 3.41. The van der Waals surface area contributed by atoms with E-state index in [1.807, 2.05) is 33.8 Å². The van der Waals surface area contributed by atoms with Crippen LogP contribution in [0.2, 0.25) is 0 Å². The number of aryl methyl sites for hydroxylation is 1. The van der Waals surface area contributed by atoms with Gasteiger partial charge in [0.1, 0.15) is 11.4 Å². The molecular formula is C18H27FN2O2. The second kappa shape index (κ2) is 7.30. The molecule has 1 N–H and O–H groups in total. The molecule has 0 radical (unpaired) electrons. The second-order valence-electron chi connectivity index (χ2n) is 7.28. The number of carbonyl (C=O) groups excluding carboxylic acids is 1. The average Bonchev–Trinajstić information content (AvgIpc) is 2.88. The van der Waals surface area contributed by atoms with Crippen molar-refractivity contribution in [3.05, 3.63) is 35.1 Å². The van der Waals surface area contributed by atoms with E-state index in [1.54, 1.807) is 11.0 Å². The average molecular weight is 322 g/mol. The molecule has 1 atom stereocenters. The summed E-state index contributed by atoms with van der Waals surface area (Å²) in [4.78, 5) is 13.8. The van der Waals surface area contributed by atoms with Gasteiger partial charge in [0.15, 0.2) is 0 Å². The van der Waals surface area contributed by atoms with Gasteiger partial charge in [-0.2, -0.15) is 0 Å². The number of benzene rings is 1. The molecule has 128 valence electrons. The van der Waals surface area contributed by atoms with Crippen LogP contribution in [0.5, 0.6) is 0 Å². The van der Waals surface area contributed by atoms with Crippen LogP contribution in [0.1, 0.15) is 38.3 Å². The molecule has 0 saturated carbocycles. The maximum atomic E-state index is 13.1. The minimum atomic E-state index is -0.451. The number of amides is 1. The largest absolute Gasteiger partial charge is 0.444 e. The Morgan fingerprint density at radius 3 is 2.83 bits per heavy atom. The molecule has 1 heterocycles. The summed E-state index contributed by atoms with van der Waals surface area (Å²) in [5.74, 6) is 0.235. The number of nitrogens with one attached hydrogen (secondary N) is 1. The highest BCUT2D eigenvalue weighted by atomic mass is 19.1. The van der Waals surface area contributed by atoms with Gasteiger partial charge in [-0.1, -0.05) is 6.07 Å². The van der Waals surface area contributed by atoms with Crippen molar-refractivity contribution in [2.24, 2.45) is 5.92 Å². The predicted molar refractivity (Wildman–Crippen MR) is 88.8 cm³/mol. The molecule has 23 heavy (non-hydrogen) atoms. The molecule has 1 aromatic rings. The smallest absolute Gasteiger partial charge is 0.410 e. The maximum Gasteiger partial charge on any atom is 0.410 e. The van der Waals surface area contributed by atoms with E-state index >= 15 is 0 Å². The molecule has 1 amide bonds. The Kier molecular flexibility index (Phi) is 5.63. The normalized spacial score (nSPS) is 18.3. The standard InChI is InChI=1S/C18H27FN2O2/c1-13-9-16(19)6-5-15(13)11-20-10-14-7-8-21(12-14)17(22)23-18(2,3)4/h5-6,9,14,20H,7-8,10-12H2,1-4H3. The van der Waals surface area contributed by atoms with Crippen LogP contribution in [0.15, 0.2) is 18.2 Å². The summed E-state index contributed by atoms with van der Waals surface area (Å²) >= 11 is 0. The van der Waals surface area contributed by atoms with Gasteiger partial charge in [-0.15, -0.1) is 0 Å². The molecule has 1 saturated heterocycles. The molecule has 0 aliphatic carbocycles. The molecule has 1 aliphatic heterocycles. The highest BCUT2D eigenvalue weighted by molar-refractivity contribution is 5.68.